The van der Waals surface area contributed by atoms with Gasteiger partial charge in [0, 0.05) is 12.7 Å². The van der Waals surface area contributed by atoms with Crippen molar-refractivity contribution in [1.29, 1.82) is 0 Å². The topological polar surface area (TPSA) is 46.3 Å². The minimum Gasteiger partial charge on any atom is -0.399 e. The van der Waals surface area contributed by atoms with Crippen molar-refractivity contribution in [2.24, 2.45) is 0 Å². The SMILES string of the molecule is CC(c1cccc(N)c1)N(C)C(=O)Cc1cccc(F)c1. The van der Waals surface area contributed by atoms with Crippen LogP contribution in [0, 0.1) is 5.82 Å². The van der Waals surface area contributed by atoms with Crippen molar-refractivity contribution in [3.63, 3.8) is 0 Å². The summed E-state index contributed by atoms with van der Waals surface area (Å²) in [5.74, 6) is -0.387. The Morgan fingerprint density at radius 1 is 1.24 bits per heavy atom. The predicted molar refractivity (Wildman–Crippen MR) is 82.1 cm³/mol. The lowest BCUT2D eigenvalue weighted by Gasteiger charge is -2.25. The summed E-state index contributed by atoms with van der Waals surface area (Å²) in [6.45, 7) is 1.94. The van der Waals surface area contributed by atoms with E-state index in [2.05, 4.69) is 0 Å². The fraction of sp³-hybridized carbons (Fsp3) is 0.235. The van der Waals surface area contributed by atoms with E-state index in [4.69, 9.17) is 5.73 Å². The molecule has 2 aromatic carbocycles. The maximum absolute atomic E-state index is 13.1. The van der Waals surface area contributed by atoms with Crippen LogP contribution in [0.5, 0.6) is 0 Å². The zero-order valence-electron chi connectivity index (χ0n) is 12.2. The maximum atomic E-state index is 13.1. The maximum Gasteiger partial charge on any atom is 0.227 e. The highest BCUT2D eigenvalue weighted by molar-refractivity contribution is 5.79. The molecule has 110 valence electrons. The molecule has 0 bridgehead atoms. The van der Waals surface area contributed by atoms with Crippen LogP contribution in [0.25, 0.3) is 0 Å². The van der Waals surface area contributed by atoms with Gasteiger partial charge in [-0.15, -0.1) is 0 Å². The van der Waals surface area contributed by atoms with E-state index in [1.54, 1.807) is 24.1 Å². The van der Waals surface area contributed by atoms with Crippen LogP contribution in [0.2, 0.25) is 0 Å². The third-order valence-corrected chi connectivity index (χ3v) is 3.61. The lowest BCUT2D eigenvalue weighted by molar-refractivity contribution is -0.131. The highest BCUT2D eigenvalue weighted by Gasteiger charge is 2.17. The van der Waals surface area contributed by atoms with Crippen LogP contribution in [-0.4, -0.2) is 17.9 Å². The molecule has 1 atom stereocenters. The summed E-state index contributed by atoms with van der Waals surface area (Å²) in [5, 5.41) is 0. The van der Waals surface area contributed by atoms with Gasteiger partial charge in [-0.3, -0.25) is 4.79 Å². The van der Waals surface area contributed by atoms with E-state index < -0.39 is 0 Å². The molecule has 0 aliphatic heterocycles. The molecule has 2 aromatic rings. The second kappa shape index (κ2) is 6.39. The van der Waals surface area contributed by atoms with Gasteiger partial charge < -0.3 is 10.6 Å². The van der Waals surface area contributed by atoms with Crippen LogP contribution < -0.4 is 5.73 Å². The quantitative estimate of drug-likeness (QED) is 0.877. The van der Waals surface area contributed by atoms with Gasteiger partial charge in [0.05, 0.1) is 12.5 Å². The van der Waals surface area contributed by atoms with Crippen molar-refractivity contribution in [3.8, 4) is 0 Å². The van der Waals surface area contributed by atoms with Crippen molar-refractivity contribution in [1.82, 2.24) is 4.90 Å². The third kappa shape index (κ3) is 3.81. The van der Waals surface area contributed by atoms with E-state index in [1.165, 1.54) is 12.1 Å². The van der Waals surface area contributed by atoms with E-state index in [9.17, 15) is 9.18 Å². The summed E-state index contributed by atoms with van der Waals surface area (Å²) in [5.41, 5.74) is 8.09. The summed E-state index contributed by atoms with van der Waals surface area (Å²) in [7, 11) is 1.75. The Morgan fingerprint density at radius 3 is 2.62 bits per heavy atom. The first-order chi connectivity index (χ1) is 9.97. The summed E-state index contributed by atoms with van der Waals surface area (Å²) < 4.78 is 13.1. The molecule has 0 radical (unpaired) electrons. The molecule has 1 amide bonds. The summed E-state index contributed by atoms with van der Waals surface area (Å²) in [6.07, 6.45) is 0.181. The molecular weight excluding hydrogens is 267 g/mol. The van der Waals surface area contributed by atoms with Crippen molar-refractivity contribution >= 4 is 11.6 Å². The number of rotatable bonds is 4. The fourth-order valence-corrected chi connectivity index (χ4v) is 2.20. The largest absolute Gasteiger partial charge is 0.399 e. The number of nitrogen functional groups attached to an aromatic ring is 1. The number of halogens is 1. The van der Waals surface area contributed by atoms with Crippen LogP contribution >= 0.6 is 0 Å². The van der Waals surface area contributed by atoms with Crippen LogP contribution in [-0.2, 0) is 11.2 Å². The Morgan fingerprint density at radius 2 is 1.95 bits per heavy atom. The molecular formula is C17H19FN2O. The molecule has 2 rings (SSSR count). The Hall–Kier alpha value is -2.36. The van der Waals surface area contributed by atoms with E-state index in [-0.39, 0.29) is 24.2 Å². The van der Waals surface area contributed by atoms with Gasteiger partial charge in [-0.05, 0) is 42.3 Å². The van der Waals surface area contributed by atoms with Crippen molar-refractivity contribution in [3.05, 3.63) is 65.5 Å². The van der Waals surface area contributed by atoms with Gasteiger partial charge in [0.2, 0.25) is 5.91 Å². The molecule has 2 N–H and O–H groups in total. The second-order valence-corrected chi connectivity index (χ2v) is 5.16. The van der Waals surface area contributed by atoms with Gasteiger partial charge in [-0.25, -0.2) is 4.39 Å². The first kappa shape index (κ1) is 15.0. The van der Waals surface area contributed by atoms with Gasteiger partial charge in [0.1, 0.15) is 5.82 Å². The second-order valence-electron chi connectivity index (χ2n) is 5.16. The smallest absolute Gasteiger partial charge is 0.227 e. The monoisotopic (exact) mass is 286 g/mol. The molecule has 0 saturated heterocycles. The number of anilines is 1. The average molecular weight is 286 g/mol. The average Bonchev–Trinajstić information content (AvgIpc) is 2.45. The van der Waals surface area contributed by atoms with Crippen molar-refractivity contribution in [2.45, 2.75) is 19.4 Å². The van der Waals surface area contributed by atoms with Crippen molar-refractivity contribution in [2.75, 3.05) is 12.8 Å². The van der Waals surface area contributed by atoms with Gasteiger partial charge in [-0.1, -0.05) is 24.3 Å². The molecule has 0 saturated carbocycles. The Kier molecular flexibility index (Phi) is 4.58. The van der Waals surface area contributed by atoms with E-state index in [1.807, 2.05) is 31.2 Å². The van der Waals surface area contributed by atoms with E-state index in [0.29, 0.717) is 11.3 Å². The van der Waals surface area contributed by atoms with Crippen LogP contribution in [0.3, 0.4) is 0 Å². The summed E-state index contributed by atoms with van der Waals surface area (Å²) in [4.78, 5) is 13.9. The van der Waals surface area contributed by atoms with Crippen LogP contribution in [0.15, 0.2) is 48.5 Å². The zero-order chi connectivity index (χ0) is 15.4. The Labute approximate surface area is 124 Å². The van der Waals surface area contributed by atoms with Gasteiger partial charge >= 0.3 is 0 Å². The van der Waals surface area contributed by atoms with E-state index in [0.717, 1.165) is 5.56 Å². The summed E-state index contributed by atoms with van der Waals surface area (Å²) >= 11 is 0. The van der Waals surface area contributed by atoms with Crippen LogP contribution in [0.1, 0.15) is 24.1 Å². The predicted octanol–water partition coefficient (Wildman–Crippen LogP) is 3.17. The molecule has 0 aromatic heterocycles. The van der Waals surface area contributed by atoms with Gasteiger partial charge in [-0.2, -0.15) is 0 Å². The first-order valence-corrected chi connectivity index (χ1v) is 6.83. The number of nitrogens with zero attached hydrogens (tertiary/aromatic N) is 1. The molecule has 4 heteroatoms. The standard InChI is InChI=1S/C17H19FN2O/c1-12(14-6-4-8-16(19)11-14)20(2)17(21)10-13-5-3-7-15(18)9-13/h3-9,11-12H,10,19H2,1-2H3. The van der Waals surface area contributed by atoms with Crippen LogP contribution in [0.4, 0.5) is 10.1 Å². The number of carbonyl (C=O) groups is 1. The minimum absolute atomic E-state index is 0.0597. The lowest BCUT2D eigenvalue weighted by Crippen LogP contribution is -2.31. The molecule has 0 spiro atoms. The van der Waals surface area contributed by atoms with Crippen molar-refractivity contribution < 1.29 is 9.18 Å². The molecule has 21 heavy (non-hydrogen) atoms. The number of benzene rings is 2. The van der Waals surface area contributed by atoms with E-state index >= 15 is 0 Å². The molecule has 1 unspecified atom stereocenters. The zero-order valence-corrected chi connectivity index (χ0v) is 12.2. The number of likely N-dealkylation sites (N-methyl/N-ethyl adjacent to an activating group) is 1. The number of nitrogens with two attached hydrogens (primary N) is 1. The third-order valence-electron chi connectivity index (χ3n) is 3.61. The molecule has 0 aliphatic carbocycles. The molecule has 0 heterocycles. The lowest BCUT2D eigenvalue weighted by atomic mass is 10.1. The summed E-state index contributed by atoms with van der Waals surface area (Å²) in [6, 6.07) is 13.5. The number of hydrogen-bond acceptors (Lipinski definition) is 2. The number of amides is 1. The highest BCUT2D eigenvalue weighted by atomic mass is 19.1. The first-order valence-electron chi connectivity index (χ1n) is 6.83. The fourth-order valence-electron chi connectivity index (χ4n) is 2.20. The highest BCUT2D eigenvalue weighted by Crippen LogP contribution is 2.21. The van der Waals surface area contributed by atoms with Gasteiger partial charge in [0.25, 0.3) is 0 Å². The normalized spacial score (nSPS) is 12.0. The molecule has 0 fully saturated rings. The Balaban J connectivity index is 2.08. The molecule has 0 aliphatic rings. The molecule has 3 nitrogen and oxygen atoms in total. The van der Waals surface area contributed by atoms with Gasteiger partial charge in [0.15, 0.2) is 0 Å². The number of hydrogen-bond donors (Lipinski definition) is 1. The Bertz CT molecular complexity index is 642. The number of carbonyl (C=O) groups excluding carboxylic acids is 1. The minimum atomic E-state index is -0.327.